The van der Waals surface area contributed by atoms with Gasteiger partial charge in [-0.3, -0.25) is 19.5 Å². The zero-order valence-electron chi connectivity index (χ0n) is 23.5. The molecule has 2 aromatic heterocycles. The molecule has 222 valence electrons. The SMILES string of the molecule is CCOc1cc(C(=O)NCc2nnc(SCC(=O)Nc3nnc(C)s3)n2-c2cccc(Cl)c2)cc(OCC)c1OCC. The van der Waals surface area contributed by atoms with Crippen LogP contribution in [-0.4, -0.2) is 62.3 Å². The highest BCUT2D eigenvalue weighted by Crippen LogP contribution is 2.39. The molecule has 2 aromatic carbocycles. The van der Waals surface area contributed by atoms with Crippen LogP contribution < -0.4 is 24.8 Å². The van der Waals surface area contributed by atoms with E-state index in [2.05, 4.69) is 31.0 Å². The number of ether oxygens (including phenoxy) is 3. The van der Waals surface area contributed by atoms with Gasteiger partial charge in [0.05, 0.1) is 37.8 Å². The molecule has 0 saturated carbocycles. The summed E-state index contributed by atoms with van der Waals surface area (Å²) >= 11 is 8.74. The number of amides is 2. The number of halogens is 1. The fourth-order valence-electron chi connectivity index (χ4n) is 3.80. The fourth-order valence-corrected chi connectivity index (χ4v) is 5.36. The zero-order chi connectivity index (χ0) is 30.1. The van der Waals surface area contributed by atoms with Crippen molar-refractivity contribution in [3.8, 4) is 22.9 Å². The third kappa shape index (κ3) is 7.89. The third-order valence-corrected chi connectivity index (χ3v) is 7.37. The number of carbonyl (C=O) groups is 2. The van der Waals surface area contributed by atoms with Crippen molar-refractivity contribution in [1.29, 1.82) is 0 Å². The van der Waals surface area contributed by atoms with Gasteiger partial charge in [0.25, 0.3) is 5.91 Å². The Bertz CT molecular complexity index is 1520. The van der Waals surface area contributed by atoms with Gasteiger partial charge in [-0.25, -0.2) is 0 Å². The minimum absolute atomic E-state index is 0.0380. The predicted octanol–water partition coefficient (Wildman–Crippen LogP) is 4.94. The molecule has 15 heteroatoms. The molecule has 0 aliphatic carbocycles. The van der Waals surface area contributed by atoms with Crippen molar-refractivity contribution in [2.24, 2.45) is 0 Å². The molecule has 2 amide bonds. The molecule has 0 radical (unpaired) electrons. The van der Waals surface area contributed by atoms with Gasteiger partial charge in [-0.15, -0.1) is 20.4 Å². The number of anilines is 1. The van der Waals surface area contributed by atoms with E-state index >= 15 is 0 Å². The van der Waals surface area contributed by atoms with Gasteiger partial charge in [0.15, 0.2) is 22.5 Å². The van der Waals surface area contributed by atoms with Crippen LogP contribution in [0.1, 0.15) is 42.0 Å². The smallest absolute Gasteiger partial charge is 0.251 e. The molecule has 42 heavy (non-hydrogen) atoms. The van der Waals surface area contributed by atoms with Crippen LogP contribution in [0.3, 0.4) is 0 Å². The third-order valence-electron chi connectivity index (χ3n) is 5.45. The van der Waals surface area contributed by atoms with Crippen LogP contribution in [0, 0.1) is 6.92 Å². The molecule has 12 nitrogen and oxygen atoms in total. The topological polar surface area (TPSA) is 142 Å². The summed E-state index contributed by atoms with van der Waals surface area (Å²) < 4.78 is 19.0. The molecule has 0 aliphatic rings. The number of carbonyl (C=O) groups excluding carboxylic acids is 2. The number of thioether (sulfide) groups is 1. The summed E-state index contributed by atoms with van der Waals surface area (Å²) in [6.07, 6.45) is 0. The number of hydrogen-bond acceptors (Lipinski definition) is 11. The molecule has 2 N–H and O–H groups in total. The summed E-state index contributed by atoms with van der Waals surface area (Å²) in [5.74, 6) is 1.13. The van der Waals surface area contributed by atoms with Crippen LogP contribution in [0.15, 0.2) is 41.6 Å². The highest BCUT2D eigenvalue weighted by atomic mass is 35.5. The number of nitrogens with zero attached hydrogens (tertiary/aromatic N) is 5. The molecule has 0 unspecified atom stereocenters. The van der Waals surface area contributed by atoms with Crippen LogP contribution in [0.5, 0.6) is 17.2 Å². The van der Waals surface area contributed by atoms with Crippen molar-refractivity contribution in [1.82, 2.24) is 30.3 Å². The predicted molar refractivity (Wildman–Crippen MR) is 161 cm³/mol. The number of aromatic nitrogens is 5. The second-order valence-corrected chi connectivity index (χ2v) is 11.0. The minimum atomic E-state index is -0.374. The van der Waals surface area contributed by atoms with Gasteiger partial charge in [-0.1, -0.05) is 40.8 Å². The minimum Gasteiger partial charge on any atom is -0.490 e. The average Bonchev–Trinajstić information content (AvgIpc) is 3.57. The Morgan fingerprint density at radius 3 is 2.31 bits per heavy atom. The van der Waals surface area contributed by atoms with Crippen molar-refractivity contribution in [3.05, 3.63) is 57.8 Å². The number of rotatable bonds is 14. The molecular formula is C27H30ClN7O5S2. The Kier molecular flexibility index (Phi) is 11.0. The van der Waals surface area contributed by atoms with Gasteiger partial charge in [0.1, 0.15) is 5.01 Å². The molecular weight excluding hydrogens is 602 g/mol. The highest BCUT2D eigenvalue weighted by Gasteiger charge is 2.21. The fraction of sp³-hybridized carbons (Fsp3) is 0.333. The lowest BCUT2D eigenvalue weighted by Gasteiger charge is -2.17. The average molecular weight is 632 g/mol. The van der Waals surface area contributed by atoms with E-state index in [1.807, 2.05) is 33.8 Å². The van der Waals surface area contributed by atoms with Crippen molar-refractivity contribution in [3.63, 3.8) is 0 Å². The van der Waals surface area contributed by atoms with Crippen LogP contribution in [0.25, 0.3) is 5.69 Å². The first kappa shape index (κ1) is 31.1. The Balaban J connectivity index is 1.55. The highest BCUT2D eigenvalue weighted by molar-refractivity contribution is 7.99. The second-order valence-electron chi connectivity index (χ2n) is 8.46. The van der Waals surface area contributed by atoms with E-state index in [1.54, 1.807) is 34.9 Å². The van der Waals surface area contributed by atoms with E-state index in [4.69, 9.17) is 25.8 Å². The lowest BCUT2D eigenvalue weighted by Crippen LogP contribution is -2.25. The lowest BCUT2D eigenvalue weighted by atomic mass is 10.1. The summed E-state index contributed by atoms with van der Waals surface area (Å²) in [4.78, 5) is 25.8. The molecule has 4 rings (SSSR count). The van der Waals surface area contributed by atoms with Gasteiger partial charge in [0, 0.05) is 10.6 Å². The number of hydrogen-bond donors (Lipinski definition) is 2. The quantitative estimate of drug-likeness (QED) is 0.184. The monoisotopic (exact) mass is 631 g/mol. The molecule has 2 heterocycles. The van der Waals surface area contributed by atoms with E-state index in [-0.39, 0.29) is 24.1 Å². The van der Waals surface area contributed by atoms with Gasteiger partial charge >= 0.3 is 0 Å². The first-order valence-corrected chi connectivity index (χ1v) is 15.3. The van der Waals surface area contributed by atoms with Gasteiger partial charge in [-0.2, -0.15) is 0 Å². The maximum Gasteiger partial charge on any atom is 0.251 e. The van der Waals surface area contributed by atoms with Gasteiger partial charge < -0.3 is 19.5 Å². The molecule has 0 bridgehead atoms. The standard InChI is InChI=1S/C27H30ClN7O5S2/c1-5-38-20-11-17(12-21(39-6-2)24(20)40-7-3)25(37)29-14-22-32-34-27(35(22)19-10-8-9-18(28)13-19)41-15-23(36)30-26-33-31-16(4)42-26/h8-13H,5-7,14-15H2,1-4H3,(H,29,37)(H,30,33,36). The Hall–Kier alpha value is -3.88. The number of benzene rings is 2. The number of aryl methyl sites for hydroxylation is 1. The largest absolute Gasteiger partial charge is 0.490 e. The Labute approximate surface area is 256 Å². The van der Waals surface area contributed by atoms with E-state index < -0.39 is 0 Å². The molecule has 0 aliphatic heterocycles. The van der Waals surface area contributed by atoms with Crippen LogP contribution in [0.4, 0.5) is 5.13 Å². The van der Waals surface area contributed by atoms with E-state index in [0.717, 1.165) is 5.01 Å². The maximum absolute atomic E-state index is 13.3. The summed E-state index contributed by atoms with van der Waals surface area (Å²) in [6.45, 7) is 8.59. The zero-order valence-corrected chi connectivity index (χ0v) is 25.9. The first-order chi connectivity index (χ1) is 20.3. The normalized spacial score (nSPS) is 10.8. The lowest BCUT2D eigenvalue weighted by molar-refractivity contribution is -0.113. The molecule has 4 aromatic rings. The summed E-state index contributed by atoms with van der Waals surface area (Å²) in [7, 11) is 0. The second kappa shape index (κ2) is 14.8. The molecule has 0 spiro atoms. The first-order valence-electron chi connectivity index (χ1n) is 13.1. The van der Waals surface area contributed by atoms with E-state index in [9.17, 15) is 9.59 Å². The van der Waals surface area contributed by atoms with Crippen LogP contribution >= 0.6 is 34.7 Å². The van der Waals surface area contributed by atoms with Crippen molar-refractivity contribution in [2.45, 2.75) is 39.4 Å². The van der Waals surface area contributed by atoms with Crippen LogP contribution in [0.2, 0.25) is 5.02 Å². The van der Waals surface area contributed by atoms with Crippen molar-refractivity contribution in [2.75, 3.05) is 30.9 Å². The van der Waals surface area contributed by atoms with Crippen molar-refractivity contribution >= 4 is 51.6 Å². The summed E-state index contributed by atoms with van der Waals surface area (Å²) in [5, 5.41) is 24.2. The summed E-state index contributed by atoms with van der Waals surface area (Å²) in [5.41, 5.74) is 1.01. The molecule has 0 atom stereocenters. The number of nitrogens with one attached hydrogen (secondary N) is 2. The van der Waals surface area contributed by atoms with E-state index in [0.29, 0.717) is 69.5 Å². The Morgan fingerprint density at radius 1 is 0.976 bits per heavy atom. The molecule has 0 saturated heterocycles. The van der Waals surface area contributed by atoms with Crippen molar-refractivity contribution < 1.29 is 23.8 Å². The van der Waals surface area contributed by atoms with Gasteiger partial charge in [0.2, 0.25) is 16.8 Å². The maximum atomic E-state index is 13.3. The van der Waals surface area contributed by atoms with E-state index in [1.165, 1.54) is 23.1 Å². The summed E-state index contributed by atoms with van der Waals surface area (Å²) in [6, 6.07) is 10.4. The van der Waals surface area contributed by atoms with Gasteiger partial charge in [-0.05, 0) is 58.0 Å². The van der Waals surface area contributed by atoms with Crippen LogP contribution in [-0.2, 0) is 11.3 Å². The molecule has 0 fully saturated rings. The Morgan fingerprint density at radius 2 is 1.69 bits per heavy atom.